The van der Waals surface area contributed by atoms with Crippen molar-refractivity contribution in [2.75, 3.05) is 33.7 Å². The fraction of sp³-hybridized carbons (Fsp3) is 0.444. The number of carbonyl (C=O) groups excluding carboxylic acids is 4. The Labute approximate surface area is 151 Å². The number of likely N-dealkylation sites (tertiary alicyclic amines) is 1. The molecule has 0 aromatic heterocycles. The maximum absolute atomic E-state index is 12.5. The molecule has 1 saturated heterocycles. The number of piperidine rings is 1. The summed E-state index contributed by atoms with van der Waals surface area (Å²) in [5.41, 5.74) is 0.686. The summed E-state index contributed by atoms with van der Waals surface area (Å²) in [6.45, 7) is 0.724. The summed E-state index contributed by atoms with van der Waals surface area (Å²) < 4.78 is 0. The van der Waals surface area contributed by atoms with Gasteiger partial charge < -0.3 is 15.1 Å². The smallest absolute Gasteiger partial charge is 0.317 e. The molecular weight excluding hydrogens is 336 g/mol. The van der Waals surface area contributed by atoms with Crippen molar-refractivity contribution in [1.29, 1.82) is 0 Å². The van der Waals surface area contributed by atoms with Crippen molar-refractivity contribution in [2.45, 2.75) is 18.9 Å². The predicted octanol–water partition coefficient (Wildman–Crippen LogP) is 0.545. The summed E-state index contributed by atoms with van der Waals surface area (Å²) in [4.78, 5) is 53.0. The molecule has 0 radical (unpaired) electrons. The summed E-state index contributed by atoms with van der Waals surface area (Å²) >= 11 is 0. The van der Waals surface area contributed by atoms with Gasteiger partial charge in [-0.3, -0.25) is 19.3 Å². The van der Waals surface area contributed by atoms with Crippen molar-refractivity contribution in [3.8, 4) is 0 Å². The molecule has 0 bridgehead atoms. The van der Waals surface area contributed by atoms with Gasteiger partial charge >= 0.3 is 6.03 Å². The lowest BCUT2D eigenvalue weighted by Gasteiger charge is -2.33. The minimum atomic E-state index is -0.424. The first-order chi connectivity index (χ1) is 12.4. The summed E-state index contributed by atoms with van der Waals surface area (Å²) in [6.07, 6.45) is 1.29. The van der Waals surface area contributed by atoms with Gasteiger partial charge in [0.25, 0.3) is 11.8 Å². The molecular formula is C18H22N4O4. The van der Waals surface area contributed by atoms with E-state index >= 15 is 0 Å². The second kappa shape index (κ2) is 7.15. The van der Waals surface area contributed by atoms with Crippen LogP contribution in [-0.4, -0.2) is 78.2 Å². The third-order valence-corrected chi connectivity index (χ3v) is 4.75. The Morgan fingerprint density at radius 2 is 1.62 bits per heavy atom. The molecule has 5 amide bonds. The topological polar surface area (TPSA) is 90.0 Å². The Kier molecular flexibility index (Phi) is 4.92. The van der Waals surface area contributed by atoms with Gasteiger partial charge in [-0.2, -0.15) is 0 Å². The van der Waals surface area contributed by atoms with Gasteiger partial charge in [0.2, 0.25) is 5.91 Å². The molecule has 1 N–H and O–H groups in total. The van der Waals surface area contributed by atoms with Crippen molar-refractivity contribution in [2.24, 2.45) is 0 Å². The SMILES string of the molecule is CN(C)C(=O)NC1CCN(C(=O)CN2C(=O)c3ccccc3C2=O)CC1. The molecule has 8 nitrogen and oxygen atoms in total. The van der Waals surface area contributed by atoms with E-state index in [4.69, 9.17) is 0 Å². The van der Waals surface area contributed by atoms with Crippen molar-refractivity contribution >= 4 is 23.8 Å². The maximum atomic E-state index is 12.5. The maximum Gasteiger partial charge on any atom is 0.317 e. The van der Waals surface area contributed by atoms with Crippen LogP contribution < -0.4 is 5.32 Å². The van der Waals surface area contributed by atoms with Gasteiger partial charge in [0.1, 0.15) is 6.54 Å². The Bertz CT molecular complexity index is 718. The van der Waals surface area contributed by atoms with Crippen molar-refractivity contribution in [1.82, 2.24) is 20.0 Å². The van der Waals surface area contributed by atoms with Crippen molar-refractivity contribution in [3.05, 3.63) is 35.4 Å². The number of nitrogens with one attached hydrogen (secondary N) is 1. The normalized spacial score (nSPS) is 17.3. The molecule has 0 atom stereocenters. The van der Waals surface area contributed by atoms with Gasteiger partial charge in [-0.15, -0.1) is 0 Å². The zero-order valence-corrected chi connectivity index (χ0v) is 14.9. The summed E-state index contributed by atoms with van der Waals surface area (Å²) in [7, 11) is 3.35. The Morgan fingerprint density at radius 1 is 1.08 bits per heavy atom. The van der Waals surface area contributed by atoms with Crippen LogP contribution in [0.5, 0.6) is 0 Å². The molecule has 3 rings (SSSR count). The van der Waals surface area contributed by atoms with Crippen LogP contribution in [0, 0.1) is 0 Å². The molecule has 1 fully saturated rings. The molecule has 0 aliphatic carbocycles. The zero-order chi connectivity index (χ0) is 18.8. The van der Waals surface area contributed by atoms with Crippen LogP contribution in [-0.2, 0) is 4.79 Å². The molecule has 1 aromatic carbocycles. The van der Waals surface area contributed by atoms with Crippen molar-refractivity contribution in [3.63, 3.8) is 0 Å². The molecule has 0 unspecified atom stereocenters. The average Bonchev–Trinajstić information content (AvgIpc) is 2.87. The number of rotatable bonds is 3. The van der Waals surface area contributed by atoms with E-state index in [0.717, 1.165) is 4.90 Å². The number of carbonyl (C=O) groups is 4. The number of hydrogen-bond donors (Lipinski definition) is 1. The summed E-state index contributed by atoms with van der Waals surface area (Å²) in [6, 6.07) is 6.46. The van der Waals surface area contributed by atoms with Gasteiger partial charge in [-0.05, 0) is 25.0 Å². The fourth-order valence-electron chi connectivity index (χ4n) is 3.19. The van der Waals surface area contributed by atoms with Crippen LogP contribution >= 0.6 is 0 Å². The van der Waals surface area contributed by atoms with E-state index < -0.39 is 11.8 Å². The number of urea groups is 1. The lowest BCUT2D eigenvalue weighted by atomic mass is 10.1. The first kappa shape index (κ1) is 17.9. The quantitative estimate of drug-likeness (QED) is 0.799. The second-order valence-corrected chi connectivity index (χ2v) is 6.74. The molecule has 26 heavy (non-hydrogen) atoms. The van der Waals surface area contributed by atoms with Crippen LogP contribution in [0.25, 0.3) is 0 Å². The Hall–Kier alpha value is -2.90. The van der Waals surface area contributed by atoms with Crippen molar-refractivity contribution < 1.29 is 19.2 Å². The molecule has 138 valence electrons. The van der Waals surface area contributed by atoms with Crippen LogP contribution in [0.4, 0.5) is 4.79 Å². The zero-order valence-electron chi connectivity index (χ0n) is 14.9. The molecule has 2 aliphatic heterocycles. The largest absolute Gasteiger partial charge is 0.341 e. The molecule has 0 saturated carbocycles. The van der Waals surface area contributed by atoms with E-state index in [1.807, 2.05) is 0 Å². The highest BCUT2D eigenvalue weighted by Gasteiger charge is 2.37. The molecule has 2 heterocycles. The van der Waals surface area contributed by atoms with Gasteiger partial charge in [0.15, 0.2) is 0 Å². The second-order valence-electron chi connectivity index (χ2n) is 6.74. The molecule has 8 heteroatoms. The summed E-state index contributed by atoms with van der Waals surface area (Å²) in [5, 5.41) is 2.91. The Balaban J connectivity index is 1.55. The fourth-order valence-corrected chi connectivity index (χ4v) is 3.19. The minimum Gasteiger partial charge on any atom is -0.341 e. The average molecular weight is 358 g/mol. The van der Waals surface area contributed by atoms with Gasteiger partial charge in [0, 0.05) is 33.2 Å². The third-order valence-electron chi connectivity index (χ3n) is 4.75. The number of nitrogens with zero attached hydrogens (tertiary/aromatic N) is 3. The van der Waals surface area contributed by atoms with E-state index in [2.05, 4.69) is 5.32 Å². The number of amides is 5. The predicted molar refractivity (Wildman–Crippen MR) is 93.6 cm³/mol. The van der Waals surface area contributed by atoms with E-state index in [1.54, 1.807) is 43.3 Å². The van der Waals surface area contributed by atoms with E-state index in [0.29, 0.717) is 37.1 Å². The standard InChI is InChI=1S/C18H22N4O4/c1-20(2)18(26)19-12-7-9-21(10-8-12)15(23)11-22-16(24)13-5-3-4-6-14(13)17(22)25/h3-6,12H,7-11H2,1-2H3,(H,19,26). The first-order valence-electron chi connectivity index (χ1n) is 8.59. The third kappa shape index (κ3) is 3.40. The van der Waals surface area contributed by atoms with Crippen LogP contribution in [0.2, 0.25) is 0 Å². The van der Waals surface area contributed by atoms with E-state index in [1.165, 1.54) is 4.90 Å². The number of imide groups is 1. The van der Waals surface area contributed by atoms with E-state index in [-0.39, 0.29) is 24.5 Å². The highest BCUT2D eigenvalue weighted by atomic mass is 16.2. The first-order valence-corrected chi connectivity index (χ1v) is 8.59. The summed E-state index contributed by atoms with van der Waals surface area (Å²) in [5.74, 6) is -1.10. The molecule has 2 aliphatic rings. The number of hydrogen-bond acceptors (Lipinski definition) is 4. The lowest BCUT2D eigenvalue weighted by molar-refractivity contribution is -0.132. The highest BCUT2D eigenvalue weighted by Crippen LogP contribution is 2.22. The van der Waals surface area contributed by atoms with E-state index in [9.17, 15) is 19.2 Å². The van der Waals surface area contributed by atoms with Crippen LogP contribution in [0.15, 0.2) is 24.3 Å². The number of fused-ring (bicyclic) bond motifs is 1. The van der Waals surface area contributed by atoms with Gasteiger partial charge in [0.05, 0.1) is 11.1 Å². The lowest BCUT2D eigenvalue weighted by Crippen LogP contribution is -2.51. The highest BCUT2D eigenvalue weighted by molar-refractivity contribution is 6.22. The number of benzene rings is 1. The monoisotopic (exact) mass is 358 g/mol. The minimum absolute atomic E-state index is 0.0215. The van der Waals surface area contributed by atoms with Gasteiger partial charge in [-0.25, -0.2) is 4.79 Å². The van der Waals surface area contributed by atoms with Crippen LogP contribution in [0.1, 0.15) is 33.6 Å². The van der Waals surface area contributed by atoms with Crippen LogP contribution in [0.3, 0.4) is 0 Å². The van der Waals surface area contributed by atoms with Gasteiger partial charge in [-0.1, -0.05) is 12.1 Å². The molecule has 0 spiro atoms. The molecule has 1 aromatic rings. The Morgan fingerprint density at radius 3 is 2.12 bits per heavy atom.